The summed E-state index contributed by atoms with van der Waals surface area (Å²) in [5, 5.41) is 0. The highest BCUT2D eigenvalue weighted by Crippen LogP contribution is 2.41. The Labute approximate surface area is 86.9 Å². The van der Waals surface area contributed by atoms with Gasteiger partial charge in [0.15, 0.2) is 0 Å². The van der Waals surface area contributed by atoms with Crippen LogP contribution in [0.4, 0.5) is 4.79 Å². The number of carbonyl (C=O) groups is 1. The molecule has 0 aromatic heterocycles. The summed E-state index contributed by atoms with van der Waals surface area (Å²) >= 11 is 1.84. The molecule has 14 heavy (non-hydrogen) atoms. The lowest BCUT2D eigenvalue weighted by Gasteiger charge is -2.44. The molecule has 0 atom stereocenters. The SMILES string of the molecule is NC1=NC(=O)N(CC2CC2)C12CSC2. The Kier molecular flexibility index (Phi) is 1.63. The maximum absolute atomic E-state index is 11.6. The summed E-state index contributed by atoms with van der Waals surface area (Å²) in [4.78, 5) is 17.4. The highest BCUT2D eigenvalue weighted by atomic mass is 32.2. The van der Waals surface area contributed by atoms with Gasteiger partial charge >= 0.3 is 6.03 Å². The van der Waals surface area contributed by atoms with E-state index in [1.165, 1.54) is 12.8 Å². The normalized spacial score (nSPS) is 29.3. The summed E-state index contributed by atoms with van der Waals surface area (Å²) in [6.45, 7) is 0.865. The average molecular weight is 211 g/mol. The van der Waals surface area contributed by atoms with Crippen molar-refractivity contribution in [3.8, 4) is 0 Å². The number of rotatable bonds is 2. The zero-order valence-electron chi connectivity index (χ0n) is 7.90. The molecule has 5 heteroatoms. The summed E-state index contributed by atoms with van der Waals surface area (Å²) in [5.74, 6) is 3.12. The van der Waals surface area contributed by atoms with Gasteiger partial charge in [-0.15, -0.1) is 0 Å². The largest absolute Gasteiger partial charge is 0.385 e. The Morgan fingerprint density at radius 2 is 2.29 bits per heavy atom. The van der Waals surface area contributed by atoms with Crippen molar-refractivity contribution in [3.63, 3.8) is 0 Å². The van der Waals surface area contributed by atoms with Gasteiger partial charge in [-0.3, -0.25) is 0 Å². The van der Waals surface area contributed by atoms with Crippen LogP contribution in [0, 0.1) is 5.92 Å². The third-order valence-electron chi connectivity index (χ3n) is 3.26. The monoisotopic (exact) mass is 211 g/mol. The van der Waals surface area contributed by atoms with Crippen molar-refractivity contribution in [2.24, 2.45) is 16.6 Å². The number of nitrogens with two attached hydrogens (primary N) is 1. The number of hydrogen-bond donors (Lipinski definition) is 1. The average Bonchev–Trinajstić information content (AvgIpc) is 2.79. The smallest absolute Gasteiger partial charge is 0.346 e. The van der Waals surface area contributed by atoms with Crippen LogP contribution < -0.4 is 5.73 Å². The fraction of sp³-hybridized carbons (Fsp3) is 0.778. The topological polar surface area (TPSA) is 58.7 Å². The van der Waals surface area contributed by atoms with Gasteiger partial charge in [0.2, 0.25) is 0 Å². The van der Waals surface area contributed by atoms with E-state index in [0.29, 0.717) is 11.8 Å². The molecule has 0 radical (unpaired) electrons. The van der Waals surface area contributed by atoms with Crippen LogP contribution in [0.3, 0.4) is 0 Å². The van der Waals surface area contributed by atoms with Crippen molar-refractivity contribution in [1.29, 1.82) is 0 Å². The second-order valence-corrected chi connectivity index (χ2v) is 5.34. The van der Waals surface area contributed by atoms with Crippen molar-refractivity contribution in [3.05, 3.63) is 0 Å². The van der Waals surface area contributed by atoms with Gasteiger partial charge in [-0.2, -0.15) is 16.8 Å². The molecule has 1 spiro atoms. The molecular formula is C9H13N3OS. The predicted molar refractivity (Wildman–Crippen MR) is 56.5 cm³/mol. The van der Waals surface area contributed by atoms with Gasteiger partial charge in [-0.1, -0.05) is 0 Å². The Hall–Kier alpha value is -0.710. The molecule has 4 nitrogen and oxygen atoms in total. The van der Waals surface area contributed by atoms with Crippen molar-refractivity contribution >= 4 is 23.6 Å². The second-order valence-electron chi connectivity index (χ2n) is 4.36. The molecule has 2 amide bonds. The molecule has 2 aliphatic heterocycles. The lowest BCUT2D eigenvalue weighted by molar-refractivity contribution is 0.181. The highest BCUT2D eigenvalue weighted by molar-refractivity contribution is 8.01. The number of hydrogen-bond acceptors (Lipinski definition) is 3. The molecule has 2 N–H and O–H groups in total. The minimum absolute atomic E-state index is 0.116. The summed E-state index contributed by atoms with van der Waals surface area (Å²) in [5.41, 5.74) is 5.64. The van der Waals surface area contributed by atoms with Gasteiger partial charge in [0.25, 0.3) is 0 Å². The molecule has 0 bridgehead atoms. The van der Waals surface area contributed by atoms with Crippen LogP contribution in [0.5, 0.6) is 0 Å². The fourth-order valence-corrected chi connectivity index (χ4v) is 3.20. The molecule has 0 aromatic rings. The Morgan fingerprint density at radius 3 is 2.79 bits per heavy atom. The summed E-state index contributed by atoms with van der Waals surface area (Å²) in [6, 6.07) is -0.116. The maximum atomic E-state index is 11.6. The molecule has 2 heterocycles. The van der Waals surface area contributed by atoms with Crippen molar-refractivity contribution in [2.45, 2.75) is 18.4 Å². The van der Waals surface area contributed by atoms with Crippen LogP contribution in [-0.2, 0) is 0 Å². The van der Waals surface area contributed by atoms with Gasteiger partial charge < -0.3 is 10.6 Å². The molecular weight excluding hydrogens is 198 g/mol. The standard InChI is InChI=1S/C9H13N3OS/c10-7-9(4-14-5-9)12(8(13)11-7)3-6-1-2-6/h6H,1-5H2,(H2,10,11,13). The molecule has 3 rings (SSSR count). The minimum atomic E-state index is -0.190. The first kappa shape index (κ1) is 8.59. The zero-order valence-corrected chi connectivity index (χ0v) is 8.72. The molecule has 1 saturated carbocycles. The number of amidine groups is 1. The molecule has 76 valence electrons. The van der Waals surface area contributed by atoms with Crippen LogP contribution in [0.25, 0.3) is 0 Å². The molecule has 1 aliphatic carbocycles. The number of carbonyl (C=O) groups excluding carboxylic acids is 1. The summed E-state index contributed by atoms with van der Waals surface area (Å²) in [7, 11) is 0. The summed E-state index contributed by atoms with van der Waals surface area (Å²) < 4.78 is 0. The maximum Gasteiger partial charge on any atom is 0.346 e. The van der Waals surface area contributed by atoms with E-state index in [9.17, 15) is 4.79 Å². The first-order chi connectivity index (χ1) is 6.72. The lowest BCUT2D eigenvalue weighted by atomic mass is 10.0. The van der Waals surface area contributed by atoms with Crippen LogP contribution in [0.2, 0.25) is 0 Å². The number of aliphatic imine (C=N–C) groups is 1. The van der Waals surface area contributed by atoms with Crippen LogP contribution in [0.15, 0.2) is 4.99 Å². The van der Waals surface area contributed by atoms with Crippen LogP contribution in [-0.4, -0.2) is 40.4 Å². The van der Waals surface area contributed by atoms with E-state index in [4.69, 9.17) is 5.73 Å². The Bertz CT molecular complexity index is 320. The van der Waals surface area contributed by atoms with Gasteiger partial charge in [-0.05, 0) is 18.8 Å². The van der Waals surface area contributed by atoms with E-state index in [0.717, 1.165) is 18.1 Å². The number of thioether (sulfide) groups is 1. The quantitative estimate of drug-likeness (QED) is 0.730. The van der Waals surface area contributed by atoms with E-state index < -0.39 is 0 Å². The van der Waals surface area contributed by atoms with E-state index in [1.807, 2.05) is 16.7 Å². The number of urea groups is 1. The predicted octanol–water partition coefficient (Wildman–Crippen LogP) is 0.675. The molecule has 1 saturated heterocycles. The molecule has 0 aromatic carbocycles. The lowest BCUT2D eigenvalue weighted by Crippen LogP contribution is -2.63. The Morgan fingerprint density at radius 1 is 1.57 bits per heavy atom. The van der Waals surface area contributed by atoms with Crippen molar-refractivity contribution in [1.82, 2.24) is 4.90 Å². The summed E-state index contributed by atoms with van der Waals surface area (Å²) in [6.07, 6.45) is 2.51. The van der Waals surface area contributed by atoms with Crippen LogP contribution in [0.1, 0.15) is 12.8 Å². The van der Waals surface area contributed by atoms with Gasteiger partial charge in [0, 0.05) is 18.1 Å². The highest BCUT2D eigenvalue weighted by Gasteiger charge is 2.54. The third kappa shape index (κ3) is 1.02. The van der Waals surface area contributed by atoms with Gasteiger partial charge in [0.05, 0.1) is 0 Å². The van der Waals surface area contributed by atoms with Crippen molar-refractivity contribution < 1.29 is 4.79 Å². The Balaban J connectivity index is 1.84. The minimum Gasteiger partial charge on any atom is -0.385 e. The van der Waals surface area contributed by atoms with E-state index in [-0.39, 0.29) is 11.6 Å². The third-order valence-corrected chi connectivity index (χ3v) is 4.62. The number of nitrogens with zero attached hydrogens (tertiary/aromatic N) is 2. The van der Waals surface area contributed by atoms with Crippen molar-refractivity contribution in [2.75, 3.05) is 18.1 Å². The van der Waals surface area contributed by atoms with Crippen LogP contribution >= 0.6 is 11.8 Å². The fourth-order valence-electron chi connectivity index (χ4n) is 2.00. The second kappa shape index (κ2) is 2.66. The number of amides is 2. The first-order valence-electron chi connectivity index (χ1n) is 4.96. The van der Waals surface area contributed by atoms with Gasteiger partial charge in [-0.25, -0.2) is 4.79 Å². The molecule has 0 unspecified atom stereocenters. The van der Waals surface area contributed by atoms with Gasteiger partial charge in [0.1, 0.15) is 11.4 Å². The van der Waals surface area contributed by atoms with E-state index in [2.05, 4.69) is 4.99 Å². The molecule has 2 fully saturated rings. The molecule has 3 aliphatic rings. The zero-order chi connectivity index (χ0) is 9.76. The van der Waals surface area contributed by atoms with E-state index in [1.54, 1.807) is 0 Å². The van der Waals surface area contributed by atoms with E-state index >= 15 is 0 Å². The first-order valence-corrected chi connectivity index (χ1v) is 6.12.